The number of nitrogens with one attached hydrogen (secondary N) is 1. The van der Waals surface area contributed by atoms with Gasteiger partial charge in [0, 0.05) is 36.7 Å². The van der Waals surface area contributed by atoms with Crippen molar-refractivity contribution in [3.8, 4) is 5.69 Å². The first-order valence-corrected chi connectivity index (χ1v) is 7.05. The molecule has 106 valence electrons. The summed E-state index contributed by atoms with van der Waals surface area (Å²) < 4.78 is 1.90. The van der Waals surface area contributed by atoms with Crippen molar-refractivity contribution in [3.05, 3.63) is 78.4 Å². The average Bonchev–Trinajstić information content (AvgIpc) is 3.04. The van der Waals surface area contributed by atoms with Crippen molar-refractivity contribution in [2.45, 2.75) is 19.5 Å². The fourth-order valence-corrected chi connectivity index (χ4v) is 2.17. The van der Waals surface area contributed by atoms with Crippen LogP contribution in [0.1, 0.15) is 24.1 Å². The second kappa shape index (κ2) is 6.33. The molecule has 4 nitrogen and oxygen atoms in total. The molecular weight excluding hydrogens is 260 g/mol. The molecule has 1 N–H and O–H groups in total. The maximum Gasteiger partial charge on any atom is 0.0645 e. The second-order valence-electron chi connectivity index (χ2n) is 5.02. The van der Waals surface area contributed by atoms with E-state index in [0.29, 0.717) is 0 Å². The van der Waals surface area contributed by atoms with Gasteiger partial charge >= 0.3 is 0 Å². The SMILES string of the molecule is CC(NCc1cccnc1)c1cnn(-c2ccccc2)c1. The van der Waals surface area contributed by atoms with Gasteiger partial charge in [-0.3, -0.25) is 4.98 Å². The van der Waals surface area contributed by atoms with Crippen LogP contribution in [-0.2, 0) is 6.54 Å². The van der Waals surface area contributed by atoms with E-state index in [1.54, 1.807) is 6.20 Å². The molecular formula is C17H18N4. The molecule has 0 bridgehead atoms. The first kappa shape index (κ1) is 13.5. The molecule has 0 amide bonds. The van der Waals surface area contributed by atoms with Crippen LogP contribution in [0, 0.1) is 0 Å². The number of benzene rings is 1. The second-order valence-corrected chi connectivity index (χ2v) is 5.02. The predicted octanol–water partition coefficient (Wildman–Crippen LogP) is 3.12. The molecule has 1 unspecified atom stereocenters. The molecule has 4 heteroatoms. The van der Waals surface area contributed by atoms with Crippen LogP contribution in [0.2, 0.25) is 0 Å². The molecule has 0 aliphatic carbocycles. The van der Waals surface area contributed by atoms with Crippen molar-refractivity contribution < 1.29 is 0 Å². The van der Waals surface area contributed by atoms with Crippen molar-refractivity contribution in [2.75, 3.05) is 0 Å². The van der Waals surface area contributed by atoms with Crippen LogP contribution >= 0.6 is 0 Å². The predicted molar refractivity (Wildman–Crippen MR) is 83.1 cm³/mol. The summed E-state index contributed by atoms with van der Waals surface area (Å²) in [7, 11) is 0. The van der Waals surface area contributed by atoms with Gasteiger partial charge in [-0.15, -0.1) is 0 Å². The molecule has 0 radical (unpaired) electrons. The van der Waals surface area contributed by atoms with Crippen LogP contribution in [0.3, 0.4) is 0 Å². The summed E-state index contributed by atoms with van der Waals surface area (Å²) in [6.07, 6.45) is 7.65. The number of hydrogen-bond acceptors (Lipinski definition) is 3. The molecule has 1 aromatic carbocycles. The Bertz CT molecular complexity index is 676. The molecule has 3 aromatic rings. The van der Waals surface area contributed by atoms with E-state index in [2.05, 4.69) is 34.6 Å². The van der Waals surface area contributed by atoms with E-state index in [0.717, 1.165) is 12.2 Å². The number of aromatic nitrogens is 3. The number of para-hydroxylation sites is 1. The lowest BCUT2D eigenvalue weighted by Crippen LogP contribution is -2.17. The van der Waals surface area contributed by atoms with Gasteiger partial charge in [0.2, 0.25) is 0 Å². The number of nitrogens with zero attached hydrogens (tertiary/aromatic N) is 3. The van der Waals surface area contributed by atoms with Gasteiger partial charge in [0.15, 0.2) is 0 Å². The third kappa shape index (κ3) is 3.35. The zero-order valence-electron chi connectivity index (χ0n) is 12.0. The molecule has 0 saturated carbocycles. The molecule has 2 heterocycles. The summed E-state index contributed by atoms with van der Waals surface area (Å²) in [6.45, 7) is 2.94. The summed E-state index contributed by atoms with van der Waals surface area (Å²) in [5.41, 5.74) is 3.42. The zero-order valence-corrected chi connectivity index (χ0v) is 12.0. The van der Waals surface area contributed by atoms with E-state index in [1.807, 2.05) is 53.5 Å². The summed E-state index contributed by atoms with van der Waals surface area (Å²) in [5.74, 6) is 0. The molecule has 0 spiro atoms. The molecule has 3 rings (SSSR count). The zero-order chi connectivity index (χ0) is 14.5. The summed E-state index contributed by atoms with van der Waals surface area (Å²) >= 11 is 0. The Hall–Kier alpha value is -2.46. The van der Waals surface area contributed by atoms with E-state index in [4.69, 9.17) is 0 Å². The highest BCUT2D eigenvalue weighted by Crippen LogP contribution is 2.14. The van der Waals surface area contributed by atoms with Crippen LogP contribution in [0.5, 0.6) is 0 Å². The lowest BCUT2D eigenvalue weighted by atomic mass is 10.2. The van der Waals surface area contributed by atoms with Crippen LogP contribution in [0.15, 0.2) is 67.3 Å². The summed E-state index contributed by atoms with van der Waals surface area (Å²) in [5, 5.41) is 7.91. The highest BCUT2D eigenvalue weighted by Gasteiger charge is 2.08. The molecule has 1 atom stereocenters. The number of pyridine rings is 1. The quantitative estimate of drug-likeness (QED) is 0.779. The first-order valence-electron chi connectivity index (χ1n) is 7.05. The molecule has 2 aromatic heterocycles. The normalized spacial score (nSPS) is 12.2. The van der Waals surface area contributed by atoms with Gasteiger partial charge in [-0.2, -0.15) is 5.10 Å². The minimum Gasteiger partial charge on any atom is -0.306 e. The smallest absolute Gasteiger partial charge is 0.0645 e. The number of hydrogen-bond donors (Lipinski definition) is 1. The summed E-state index contributed by atoms with van der Waals surface area (Å²) in [6, 6.07) is 14.4. The summed E-state index contributed by atoms with van der Waals surface area (Å²) in [4.78, 5) is 4.12. The third-order valence-electron chi connectivity index (χ3n) is 3.46. The Morgan fingerprint density at radius 1 is 1.10 bits per heavy atom. The fourth-order valence-electron chi connectivity index (χ4n) is 2.17. The number of rotatable bonds is 5. The van der Waals surface area contributed by atoms with E-state index in [-0.39, 0.29) is 6.04 Å². The Labute approximate surface area is 124 Å². The lowest BCUT2D eigenvalue weighted by molar-refractivity contribution is 0.574. The lowest BCUT2D eigenvalue weighted by Gasteiger charge is -2.11. The van der Waals surface area contributed by atoms with Gasteiger partial charge in [0.1, 0.15) is 0 Å². The standard InChI is InChI=1S/C17H18N4/c1-14(19-11-15-6-5-9-18-10-15)16-12-20-21(13-16)17-7-3-2-4-8-17/h2-10,12-14,19H,11H2,1H3. The highest BCUT2D eigenvalue weighted by molar-refractivity contribution is 5.31. The van der Waals surface area contributed by atoms with E-state index < -0.39 is 0 Å². The van der Waals surface area contributed by atoms with E-state index in [1.165, 1.54) is 11.1 Å². The van der Waals surface area contributed by atoms with Crippen LogP contribution in [-0.4, -0.2) is 14.8 Å². The molecule has 0 aliphatic heterocycles. The molecule has 0 saturated heterocycles. The maximum atomic E-state index is 4.43. The van der Waals surface area contributed by atoms with Crippen molar-refractivity contribution >= 4 is 0 Å². The highest BCUT2D eigenvalue weighted by atomic mass is 15.3. The van der Waals surface area contributed by atoms with Crippen LogP contribution in [0.4, 0.5) is 0 Å². The largest absolute Gasteiger partial charge is 0.306 e. The van der Waals surface area contributed by atoms with Gasteiger partial charge in [-0.05, 0) is 30.7 Å². The molecule has 21 heavy (non-hydrogen) atoms. The van der Waals surface area contributed by atoms with Gasteiger partial charge in [-0.1, -0.05) is 24.3 Å². The Morgan fingerprint density at radius 2 is 1.95 bits per heavy atom. The van der Waals surface area contributed by atoms with Crippen molar-refractivity contribution in [1.29, 1.82) is 0 Å². The van der Waals surface area contributed by atoms with Crippen LogP contribution < -0.4 is 5.32 Å². The van der Waals surface area contributed by atoms with Crippen LogP contribution in [0.25, 0.3) is 5.69 Å². The Kier molecular flexibility index (Phi) is 4.07. The average molecular weight is 278 g/mol. The van der Waals surface area contributed by atoms with Crippen molar-refractivity contribution in [3.63, 3.8) is 0 Å². The minimum atomic E-state index is 0.239. The van der Waals surface area contributed by atoms with Crippen molar-refractivity contribution in [2.24, 2.45) is 0 Å². The van der Waals surface area contributed by atoms with E-state index in [9.17, 15) is 0 Å². The fraction of sp³-hybridized carbons (Fsp3) is 0.176. The third-order valence-corrected chi connectivity index (χ3v) is 3.46. The van der Waals surface area contributed by atoms with Gasteiger partial charge in [0.25, 0.3) is 0 Å². The van der Waals surface area contributed by atoms with E-state index >= 15 is 0 Å². The topological polar surface area (TPSA) is 42.7 Å². The van der Waals surface area contributed by atoms with Crippen molar-refractivity contribution in [1.82, 2.24) is 20.1 Å². The Morgan fingerprint density at radius 3 is 2.71 bits per heavy atom. The first-order chi connectivity index (χ1) is 10.3. The van der Waals surface area contributed by atoms with Gasteiger partial charge < -0.3 is 5.32 Å². The monoisotopic (exact) mass is 278 g/mol. The maximum absolute atomic E-state index is 4.43. The van der Waals surface area contributed by atoms with Gasteiger partial charge in [-0.25, -0.2) is 4.68 Å². The minimum absolute atomic E-state index is 0.239. The van der Waals surface area contributed by atoms with Gasteiger partial charge in [0.05, 0.1) is 11.9 Å². The Balaban J connectivity index is 1.66. The molecule has 0 fully saturated rings. The molecule has 0 aliphatic rings.